The van der Waals surface area contributed by atoms with Crippen LogP contribution in [0.1, 0.15) is 26.4 Å². The van der Waals surface area contributed by atoms with E-state index in [1.165, 1.54) is 28.4 Å². The minimum absolute atomic E-state index is 0.129. The second kappa shape index (κ2) is 5.65. The van der Waals surface area contributed by atoms with Crippen LogP contribution in [0.4, 0.5) is 4.39 Å². The van der Waals surface area contributed by atoms with Gasteiger partial charge in [-0.25, -0.2) is 9.37 Å². The Morgan fingerprint density at radius 1 is 0.958 bits per heavy atom. The van der Waals surface area contributed by atoms with Crippen molar-refractivity contribution in [2.45, 2.75) is 6.54 Å². The van der Waals surface area contributed by atoms with Crippen molar-refractivity contribution in [2.24, 2.45) is 0 Å². The fourth-order valence-electron chi connectivity index (χ4n) is 2.65. The minimum atomic E-state index is -0.304. The van der Waals surface area contributed by atoms with Crippen LogP contribution in [0.15, 0.2) is 53.9 Å². The standard InChI is InChI=1S/C18H11FN2O2S/c19-12-7-5-11(6-8-12)16-20-13(10-24-16)9-21-17(22)14-3-1-2-4-15(14)18(21)23/h1-8,10H,9H2. The second-order valence-corrected chi connectivity index (χ2v) is 6.25. The molecule has 1 aliphatic rings. The van der Waals surface area contributed by atoms with E-state index in [0.717, 1.165) is 10.6 Å². The van der Waals surface area contributed by atoms with Gasteiger partial charge in [-0.2, -0.15) is 0 Å². The molecule has 4 nitrogen and oxygen atoms in total. The highest BCUT2D eigenvalue weighted by Crippen LogP contribution is 2.27. The molecule has 0 aliphatic carbocycles. The van der Waals surface area contributed by atoms with E-state index < -0.39 is 0 Å². The second-order valence-electron chi connectivity index (χ2n) is 5.39. The third kappa shape index (κ3) is 2.41. The normalized spacial score (nSPS) is 13.5. The highest BCUT2D eigenvalue weighted by molar-refractivity contribution is 7.13. The maximum atomic E-state index is 13.0. The van der Waals surface area contributed by atoms with Gasteiger partial charge >= 0.3 is 0 Å². The fraction of sp³-hybridized carbons (Fsp3) is 0.0556. The van der Waals surface area contributed by atoms with Gasteiger partial charge in [0.1, 0.15) is 10.8 Å². The van der Waals surface area contributed by atoms with Crippen molar-refractivity contribution in [1.82, 2.24) is 9.88 Å². The maximum Gasteiger partial charge on any atom is 0.261 e. The van der Waals surface area contributed by atoms with Crippen LogP contribution >= 0.6 is 11.3 Å². The third-order valence-electron chi connectivity index (χ3n) is 3.84. The van der Waals surface area contributed by atoms with Crippen LogP contribution in [-0.4, -0.2) is 21.7 Å². The Bertz CT molecular complexity index is 915. The number of aromatic nitrogens is 1. The molecular weight excluding hydrogens is 327 g/mol. The van der Waals surface area contributed by atoms with Gasteiger partial charge in [0, 0.05) is 10.9 Å². The molecule has 2 aromatic carbocycles. The molecule has 0 saturated heterocycles. The molecule has 0 atom stereocenters. The lowest BCUT2D eigenvalue weighted by molar-refractivity contribution is 0.0640. The number of carbonyl (C=O) groups is 2. The molecule has 2 amide bonds. The Hall–Kier alpha value is -2.86. The summed E-state index contributed by atoms with van der Waals surface area (Å²) < 4.78 is 13.0. The van der Waals surface area contributed by atoms with Gasteiger partial charge in [0.05, 0.1) is 23.4 Å². The molecule has 0 saturated carbocycles. The third-order valence-corrected chi connectivity index (χ3v) is 4.78. The van der Waals surface area contributed by atoms with E-state index in [2.05, 4.69) is 4.98 Å². The van der Waals surface area contributed by atoms with Crippen molar-refractivity contribution in [1.29, 1.82) is 0 Å². The Balaban J connectivity index is 1.58. The van der Waals surface area contributed by atoms with Crippen LogP contribution in [0.3, 0.4) is 0 Å². The van der Waals surface area contributed by atoms with E-state index in [9.17, 15) is 14.0 Å². The van der Waals surface area contributed by atoms with E-state index in [1.807, 2.05) is 5.38 Å². The molecule has 4 rings (SSSR count). The Morgan fingerprint density at radius 3 is 2.21 bits per heavy atom. The van der Waals surface area contributed by atoms with Crippen molar-refractivity contribution in [3.05, 3.63) is 76.5 Å². The van der Waals surface area contributed by atoms with E-state index in [0.29, 0.717) is 16.8 Å². The van der Waals surface area contributed by atoms with Crippen molar-refractivity contribution in [2.75, 3.05) is 0 Å². The van der Waals surface area contributed by atoms with Crippen molar-refractivity contribution >= 4 is 23.2 Å². The van der Waals surface area contributed by atoms with E-state index in [1.54, 1.807) is 36.4 Å². The summed E-state index contributed by atoms with van der Waals surface area (Å²) in [6, 6.07) is 12.8. The molecule has 1 aliphatic heterocycles. The van der Waals surface area contributed by atoms with Crippen molar-refractivity contribution in [3.63, 3.8) is 0 Å². The zero-order valence-electron chi connectivity index (χ0n) is 12.4. The van der Waals surface area contributed by atoms with Crippen LogP contribution in [0.2, 0.25) is 0 Å². The lowest BCUT2D eigenvalue weighted by Crippen LogP contribution is -2.29. The first kappa shape index (κ1) is 14.7. The molecule has 1 aromatic heterocycles. The van der Waals surface area contributed by atoms with Crippen molar-refractivity contribution < 1.29 is 14.0 Å². The minimum Gasteiger partial charge on any atom is -0.269 e. The first-order valence-corrected chi connectivity index (χ1v) is 8.17. The molecule has 118 valence electrons. The number of halogens is 1. The van der Waals surface area contributed by atoms with Gasteiger partial charge in [-0.05, 0) is 36.4 Å². The summed E-state index contributed by atoms with van der Waals surface area (Å²) >= 11 is 1.40. The summed E-state index contributed by atoms with van der Waals surface area (Å²) in [5.74, 6) is -0.902. The van der Waals surface area contributed by atoms with Crippen molar-refractivity contribution in [3.8, 4) is 10.6 Å². The van der Waals surface area contributed by atoms with Gasteiger partial charge in [-0.15, -0.1) is 11.3 Å². The predicted molar refractivity (Wildman–Crippen MR) is 88.2 cm³/mol. The summed E-state index contributed by atoms with van der Waals surface area (Å²) in [7, 11) is 0. The van der Waals surface area contributed by atoms with Gasteiger partial charge in [-0.3, -0.25) is 14.5 Å². The lowest BCUT2D eigenvalue weighted by Gasteiger charge is -2.11. The summed E-state index contributed by atoms with van der Waals surface area (Å²) in [6.07, 6.45) is 0. The maximum absolute atomic E-state index is 13.0. The quantitative estimate of drug-likeness (QED) is 0.684. The Labute approximate surface area is 141 Å². The van der Waals surface area contributed by atoms with Crippen LogP contribution in [0.5, 0.6) is 0 Å². The zero-order chi connectivity index (χ0) is 16.7. The number of hydrogen-bond acceptors (Lipinski definition) is 4. The molecule has 2 heterocycles. The number of carbonyl (C=O) groups excluding carboxylic acids is 2. The summed E-state index contributed by atoms with van der Waals surface area (Å²) in [4.78, 5) is 30.4. The molecule has 6 heteroatoms. The van der Waals surface area contributed by atoms with E-state index in [-0.39, 0.29) is 24.2 Å². The van der Waals surface area contributed by atoms with Gasteiger partial charge in [-0.1, -0.05) is 12.1 Å². The van der Waals surface area contributed by atoms with Crippen LogP contribution in [0.25, 0.3) is 10.6 Å². The molecule has 0 N–H and O–H groups in total. The summed E-state index contributed by atoms with van der Waals surface area (Å²) in [6.45, 7) is 0.129. The number of rotatable bonds is 3. The highest BCUT2D eigenvalue weighted by Gasteiger charge is 2.35. The van der Waals surface area contributed by atoms with Gasteiger partial charge < -0.3 is 0 Å². The predicted octanol–water partition coefficient (Wildman–Crippen LogP) is 3.75. The Kier molecular flexibility index (Phi) is 3.46. The molecule has 24 heavy (non-hydrogen) atoms. The first-order valence-electron chi connectivity index (χ1n) is 7.29. The summed E-state index contributed by atoms with van der Waals surface area (Å²) in [5, 5.41) is 2.53. The average Bonchev–Trinajstić information content (AvgIpc) is 3.16. The smallest absolute Gasteiger partial charge is 0.261 e. The topological polar surface area (TPSA) is 50.3 Å². The highest BCUT2D eigenvalue weighted by atomic mass is 32.1. The molecule has 0 spiro atoms. The van der Waals surface area contributed by atoms with Crippen LogP contribution in [0, 0.1) is 5.82 Å². The number of fused-ring (bicyclic) bond motifs is 1. The van der Waals surface area contributed by atoms with Gasteiger partial charge in [0.2, 0.25) is 0 Å². The fourth-order valence-corrected chi connectivity index (χ4v) is 3.47. The van der Waals surface area contributed by atoms with Crippen LogP contribution in [-0.2, 0) is 6.54 Å². The number of benzene rings is 2. The zero-order valence-corrected chi connectivity index (χ0v) is 13.2. The van der Waals surface area contributed by atoms with E-state index >= 15 is 0 Å². The number of thiazole rings is 1. The largest absolute Gasteiger partial charge is 0.269 e. The van der Waals surface area contributed by atoms with Gasteiger partial charge in [0.25, 0.3) is 11.8 Å². The summed E-state index contributed by atoms with van der Waals surface area (Å²) in [5.41, 5.74) is 2.29. The van der Waals surface area contributed by atoms with E-state index in [4.69, 9.17) is 0 Å². The number of nitrogens with zero attached hydrogens (tertiary/aromatic N) is 2. The van der Waals surface area contributed by atoms with Gasteiger partial charge in [0.15, 0.2) is 0 Å². The monoisotopic (exact) mass is 338 g/mol. The van der Waals surface area contributed by atoms with Crippen LogP contribution < -0.4 is 0 Å². The number of imide groups is 1. The Morgan fingerprint density at radius 2 is 1.58 bits per heavy atom. The number of hydrogen-bond donors (Lipinski definition) is 0. The molecule has 3 aromatic rings. The SMILES string of the molecule is O=C1c2ccccc2C(=O)N1Cc1csc(-c2ccc(F)cc2)n1. The number of amides is 2. The molecule has 0 unspecified atom stereocenters. The molecular formula is C18H11FN2O2S. The molecule has 0 radical (unpaired) electrons. The molecule has 0 fully saturated rings. The lowest BCUT2D eigenvalue weighted by atomic mass is 10.1. The molecule has 0 bridgehead atoms. The first-order chi connectivity index (χ1) is 11.6. The average molecular weight is 338 g/mol.